The van der Waals surface area contributed by atoms with Crippen LogP contribution in [0, 0.1) is 0 Å². The monoisotopic (exact) mass is 361 g/mol. The molecular formula is C18H16ClNO5. The summed E-state index contributed by atoms with van der Waals surface area (Å²) < 4.78 is 10.2. The van der Waals surface area contributed by atoms with Crippen LogP contribution < -0.4 is 0 Å². The lowest BCUT2D eigenvalue weighted by Gasteiger charge is -2.20. The number of esters is 1. The molecule has 25 heavy (non-hydrogen) atoms. The Balaban J connectivity index is 1.66. The molecule has 7 heteroatoms. The smallest absolute Gasteiger partial charge is 0.413 e. The molecule has 1 N–H and O–H groups in total. The molecule has 0 aliphatic carbocycles. The third-order valence-electron chi connectivity index (χ3n) is 3.87. The summed E-state index contributed by atoms with van der Waals surface area (Å²) in [4.78, 5) is 25.5. The minimum absolute atomic E-state index is 0.0430. The SMILES string of the molecule is O=C1OCN(C(=O)OCc2ccccc2)[C@H]1Cc1ccc(O)c(Cl)c1. The van der Waals surface area contributed by atoms with Crippen molar-refractivity contribution in [1.29, 1.82) is 0 Å². The predicted octanol–water partition coefficient (Wildman–Crippen LogP) is 3.11. The van der Waals surface area contributed by atoms with Gasteiger partial charge in [0, 0.05) is 6.42 Å². The highest BCUT2D eigenvalue weighted by Crippen LogP contribution is 2.26. The van der Waals surface area contributed by atoms with E-state index in [4.69, 9.17) is 21.1 Å². The first-order valence-corrected chi connectivity index (χ1v) is 8.04. The van der Waals surface area contributed by atoms with Crippen molar-refractivity contribution in [2.45, 2.75) is 19.1 Å². The Bertz CT molecular complexity index is 780. The lowest BCUT2D eigenvalue weighted by Crippen LogP contribution is -2.39. The van der Waals surface area contributed by atoms with Gasteiger partial charge in [0.05, 0.1) is 5.02 Å². The Morgan fingerprint density at radius 1 is 1.24 bits per heavy atom. The number of nitrogens with zero attached hydrogens (tertiary/aromatic N) is 1. The number of carbonyl (C=O) groups excluding carboxylic acids is 2. The predicted molar refractivity (Wildman–Crippen MR) is 90.0 cm³/mol. The van der Waals surface area contributed by atoms with Crippen LogP contribution in [-0.4, -0.2) is 34.8 Å². The van der Waals surface area contributed by atoms with Gasteiger partial charge in [0.25, 0.3) is 0 Å². The molecule has 0 spiro atoms. The van der Waals surface area contributed by atoms with E-state index >= 15 is 0 Å². The van der Waals surface area contributed by atoms with Crippen LogP contribution in [0.25, 0.3) is 0 Å². The van der Waals surface area contributed by atoms with E-state index in [0.717, 1.165) is 5.56 Å². The van der Waals surface area contributed by atoms with Gasteiger partial charge in [-0.05, 0) is 23.3 Å². The number of cyclic esters (lactones) is 1. The average molecular weight is 362 g/mol. The van der Waals surface area contributed by atoms with Crippen molar-refractivity contribution >= 4 is 23.7 Å². The normalized spacial score (nSPS) is 16.6. The van der Waals surface area contributed by atoms with Crippen LogP contribution in [0.1, 0.15) is 11.1 Å². The molecule has 0 saturated carbocycles. The van der Waals surface area contributed by atoms with Crippen molar-refractivity contribution in [1.82, 2.24) is 4.90 Å². The first-order chi connectivity index (χ1) is 12.0. The average Bonchev–Trinajstić information content (AvgIpc) is 2.98. The second kappa shape index (κ2) is 7.44. The molecule has 2 aromatic rings. The van der Waals surface area contributed by atoms with Crippen molar-refractivity contribution in [3.8, 4) is 5.75 Å². The second-order valence-electron chi connectivity index (χ2n) is 5.61. The minimum atomic E-state index is -0.788. The van der Waals surface area contributed by atoms with Crippen LogP contribution in [0.15, 0.2) is 48.5 Å². The summed E-state index contributed by atoms with van der Waals surface area (Å²) in [5, 5.41) is 9.65. The Morgan fingerprint density at radius 3 is 2.72 bits per heavy atom. The summed E-state index contributed by atoms with van der Waals surface area (Å²) in [6, 6.07) is 13.1. The van der Waals surface area contributed by atoms with Gasteiger partial charge in [-0.15, -0.1) is 0 Å². The summed E-state index contributed by atoms with van der Waals surface area (Å²) in [6.07, 6.45) is -0.399. The van der Waals surface area contributed by atoms with E-state index in [1.54, 1.807) is 12.1 Å². The zero-order valence-electron chi connectivity index (χ0n) is 13.2. The molecule has 0 unspecified atom stereocenters. The molecule has 3 rings (SSSR count). The Morgan fingerprint density at radius 2 is 2.00 bits per heavy atom. The molecule has 1 amide bonds. The van der Waals surface area contributed by atoms with Gasteiger partial charge in [-0.1, -0.05) is 48.0 Å². The van der Waals surface area contributed by atoms with E-state index in [1.807, 2.05) is 30.3 Å². The van der Waals surface area contributed by atoms with Gasteiger partial charge in [0.2, 0.25) is 0 Å². The maximum Gasteiger partial charge on any atom is 0.413 e. The molecule has 1 fully saturated rings. The van der Waals surface area contributed by atoms with Crippen molar-refractivity contribution in [3.63, 3.8) is 0 Å². The molecule has 0 bridgehead atoms. The number of halogens is 1. The highest BCUT2D eigenvalue weighted by atomic mass is 35.5. The topological polar surface area (TPSA) is 76.1 Å². The summed E-state index contributed by atoms with van der Waals surface area (Å²) in [5.74, 6) is -0.542. The zero-order chi connectivity index (χ0) is 17.8. The van der Waals surface area contributed by atoms with Crippen LogP contribution in [0.3, 0.4) is 0 Å². The van der Waals surface area contributed by atoms with Crippen molar-refractivity contribution in [2.75, 3.05) is 6.73 Å². The fourth-order valence-corrected chi connectivity index (χ4v) is 2.73. The number of amides is 1. The van der Waals surface area contributed by atoms with Gasteiger partial charge in [-0.25, -0.2) is 9.59 Å². The molecule has 0 radical (unpaired) electrons. The number of hydrogen-bond acceptors (Lipinski definition) is 5. The first kappa shape index (κ1) is 17.1. The number of hydrogen-bond donors (Lipinski definition) is 1. The third kappa shape index (κ3) is 4.03. The van der Waals surface area contributed by atoms with Gasteiger partial charge in [-0.3, -0.25) is 4.90 Å². The molecule has 1 aliphatic heterocycles. The molecule has 1 saturated heterocycles. The number of benzene rings is 2. The number of phenols is 1. The molecule has 1 aliphatic rings. The van der Waals surface area contributed by atoms with Crippen LogP contribution >= 0.6 is 11.6 Å². The lowest BCUT2D eigenvalue weighted by molar-refractivity contribution is -0.139. The Hall–Kier alpha value is -2.73. The van der Waals surface area contributed by atoms with Crippen LogP contribution in [0.4, 0.5) is 4.79 Å². The second-order valence-corrected chi connectivity index (χ2v) is 6.02. The zero-order valence-corrected chi connectivity index (χ0v) is 14.0. The van der Waals surface area contributed by atoms with E-state index in [9.17, 15) is 14.7 Å². The maximum atomic E-state index is 12.3. The summed E-state index contributed by atoms with van der Waals surface area (Å²) >= 11 is 5.88. The fourth-order valence-electron chi connectivity index (χ4n) is 2.52. The standard InChI is InChI=1S/C18H16ClNO5/c19-14-8-13(6-7-16(14)21)9-15-17(22)25-11-20(15)18(23)24-10-12-4-2-1-3-5-12/h1-8,15,21H,9-11H2/t15-/m0/s1. The highest BCUT2D eigenvalue weighted by molar-refractivity contribution is 6.32. The molecule has 2 aromatic carbocycles. The third-order valence-corrected chi connectivity index (χ3v) is 4.18. The minimum Gasteiger partial charge on any atom is -0.506 e. The Labute approximate surface area is 149 Å². The van der Waals surface area contributed by atoms with Crippen molar-refractivity contribution < 1.29 is 24.2 Å². The van der Waals surface area contributed by atoms with E-state index in [0.29, 0.717) is 5.56 Å². The summed E-state index contributed by atoms with van der Waals surface area (Å²) in [7, 11) is 0. The first-order valence-electron chi connectivity index (χ1n) is 7.66. The largest absolute Gasteiger partial charge is 0.506 e. The number of ether oxygens (including phenoxy) is 2. The van der Waals surface area contributed by atoms with Gasteiger partial charge in [0.1, 0.15) is 18.4 Å². The summed E-state index contributed by atoms with van der Waals surface area (Å²) in [6.45, 7) is -0.0366. The highest BCUT2D eigenvalue weighted by Gasteiger charge is 2.38. The van der Waals surface area contributed by atoms with Gasteiger partial charge < -0.3 is 14.6 Å². The van der Waals surface area contributed by atoms with E-state index < -0.39 is 18.1 Å². The van der Waals surface area contributed by atoms with Crippen LogP contribution in [0.5, 0.6) is 5.75 Å². The van der Waals surface area contributed by atoms with Crippen molar-refractivity contribution in [3.05, 3.63) is 64.7 Å². The molecule has 1 atom stereocenters. The van der Waals surface area contributed by atoms with E-state index in [-0.39, 0.29) is 30.5 Å². The number of aromatic hydroxyl groups is 1. The van der Waals surface area contributed by atoms with Crippen molar-refractivity contribution in [2.24, 2.45) is 0 Å². The van der Waals surface area contributed by atoms with Gasteiger partial charge >= 0.3 is 12.1 Å². The van der Waals surface area contributed by atoms with E-state index in [2.05, 4.69) is 0 Å². The Kier molecular flexibility index (Phi) is 5.09. The molecule has 6 nitrogen and oxygen atoms in total. The van der Waals surface area contributed by atoms with Gasteiger partial charge in [-0.2, -0.15) is 0 Å². The number of rotatable bonds is 4. The molecule has 1 heterocycles. The van der Waals surface area contributed by atoms with Crippen LogP contribution in [0.2, 0.25) is 5.02 Å². The lowest BCUT2D eigenvalue weighted by atomic mass is 10.1. The molecule has 0 aromatic heterocycles. The fraction of sp³-hybridized carbons (Fsp3) is 0.222. The van der Waals surface area contributed by atoms with Gasteiger partial charge in [0.15, 0.2) is 6.73 Å². The number of carbonyl (C=O) groups is 2. The quantitative estimate of drug-likeness (QED) is 0.847. The molecular weight excluding hydrogens is 346 g/mol. The number of phenolic OH excluding ortho intramolecular Hbond substituents is 1. The molecule has 130 valence electrons. The van der Waals surface area contributed by atoms with Crippen LogP contribution in [-0.2, 0) is 27.3 Å². The van der Waals surface area contributed by atoms with E-state index in [1.165, 1.54) is 11.0 Å². The maximum absolute atomic E-state index is 12.3. The summed E-state index contributed by atoms with van der Waals surface area (Å²) in [5.41, 5.74) is 1.55.